The molecule has 116 valence electrons. The van der Waals surface area contributed by atoms with Crippen LogP contribution in [0, 0.1) is 5.92 Å². The van der Waals surface area contributed by atoms with Crippen LogP contribution in [0.4, 0.5) is 0 Å². The number of carbonyl (C=O) groups is 1. The highest BCUT2D eigenvalue weighted by Crippen LogP contribution is 2.20. The van der Waals surface area contributed by atoms with Crippen LogP contribution in [-0.4, -0.2) is 43.5 Å². The molecule has 0 fully saturated rings. The van der Waals surface area contributed by atoms with Crippen molar-refractivity contribution in [2.45, 2.75) is 13.5 Å². The van der Waals surface area contributed by atoms with Crippen molar-refractivity contribution >= 4 is 23.1 Å². The van der Waals surface area contributed by atoms with Gasteiger partial charge in [0.25, 0.3) is 0 Å². The molecule has 0 heterocycles. The van der Waals surface area contributed by atoms with Crippen molar-refractivity contribution in [2.24, 2.45) is 11.7 Å². The predicted molar refractivity (Wildman–Crippen MR) is 88.4 cm³/mol. The first-order valence-corrected chi connectivity index (χ1v) is 7.16. The third-order valence-electron chi connectivity index (χ3n) is 3.26. The Hall–Kier alpha value is -1.66. The van der Waals surface area contributed by atoms with E-state index in [1.807, 2.05) is 32.2 Å². The summed E-state index contributed by atoms with van der Waals surface area (Å²) in [4.78, 5) is 13.9. The summed E-state index contributed by atoms with van der Waals surface area (Å²) in [6, 6.07) is 5.77. The monoisotopic (exact) mass is 309 g/mol. The third kappa shape index (κ3) is 4.99. The van der Waals surface area contributed by atoms with Crippen molar-refractivity contribution in [3.8, 4) is 5.75 Å². The van der Waals surface area contributed by atoms with Crippen LogP contribution in [0.3, 0.4) is 0 Å². The zero-order chi connectivity index (χ0) is 16.0. The number of thiocarbonyl (C=S) groups is 1. The number of nitrogens with two attached hydrogens (primary N) is 1. The van der Waals surface area contributed by atoms with E-state index in [1.165, 1.54) is 0 Å². The Bertz CT molecular complexity index is 520. The second-order valence-electron chi connectivity index (χ2n) is 5.11. The van der Waals surface area contributed by atoms with Crippen LogP contribution in [0.2, 0.25) is 0 Å². The molecule has 1 unspecified atom stereocenters. The van der Waals surface area contributed by atoms with Crippen LogP contribution in [0.25, 0.3) is 0 Å². The average Bonchev–Trinajstić information content (AvgIpc) is 2.45. The maximum atomic E-state index is 11.5. The first-order chi connectivity index (χ1) is 9.88. The fraction of sp³-hybridized carbons (Fsp3) is 0.467. The molecule has 21 heavy (non-hydrogen) atoms. The largest absolute Gasteiger partial charge is 0.496 e. The molecule has 0 spiro atoms. The Kier molecular flexibility index (Phi) is 6.58. The van der Waals surface area contributed by atoms with Gasteiger partial charge in [0.2, 0.25) is 5.91 Å². The summed E-state index contributed by atoms with van der Waals surface area (Å²) in [5, 5.41) is 2.66. The standard InChI is InChI=1S/C15H23N3O2S/c1-10(15(19)17-2)8-18(3)9-11-5-6-13(20-4)12(7-11)14(16)21/h5-7,10H,8-9H2,1-4H3,(H2,16,21)(H,17,19). The Morgan fingerprint density at radius 3 is 2.71 bits per heavy atom. The first kappa shape index (κ1) is 17.4. The van der Waals surface area contributed by atoms with Crippen molar-refractivity contribution in [2.75, 3.05) is 27.7 Å². The lowest BCUT2D eigenvalue weighted by atomic mass is 10.1. The van der Waals surface area contributed by atoms with Crippen LogP contribution in [-0.2, 0) is 11.3 Å². The summed E-state index contributed by atoms with van der Waals surface area (Å²) < 4.78 is 5.24. The molecule has 0 saturated heterocycles. The Balaban J connectivity index is 2.76. The number of ether oxygens (including phenoxy) is 1. The minimum atomic E-state index is -0.0618. The number of hydrogen-bond donors (Lipinski definition) is 2. The lowest BCUT2D eigenvalue weighted by Gasteiger charge is -2.21. The first-order valence-electron chi connectivity index (χ1n) is 6.75. The van der Waals surface area contributed by atoms with Gasteiger partial charge in [-0.1, -0.05) is 25.2 Å². The fourth-order valence-electron chi connectivity index (χ4n) is 2.22. The van der Waals surface area contributed by atoms with Gasteiger partial charge in [-0.2, -0.15) is 0 Å². The molecular weight excluding hydrogens is 286 g/mol. The Morgan fingerprint density at radius 2 is 2.19 bits per heavy atom. The van der Waals surface area contributed by atoms with E-state index in [2.05, 4.69) is 10.2 Å². The van der Waals surface area contributed by atoms with Crippen molar-refractivity contribution in [3.05, 3.63) is 29.3 Å². The van der Waals surface area contributed by atoms with Gasteiger partial charge < -0.3 is 20.7 Å². The van der Waals surface area contributed by atoms with Crippen LogP contribution in [0.15, 0.2) is 18.2 Å². The van der Waals surface area contributed by atoms with Gasteiger partial charge in [0, 0.05) is 26.1 Å². The molecule has 0 aliphatic rings. The van der Waals surface area contributed by atoms with E-state index in [0.717, 1.165) is 11.1 Å². The average molecular weight is 309 g/mol. The summed E-state index contributed by atoms with van der Waals surface area (Å²) in [5.74, 6) is 0.654. The molecule has 1 aromatic carbocycles. The smallest absolute Gasteiger partial charge is 0.223 e. The maximum absolute atomic E-state index is 11.5. The number of amides is 1. The molecule has 6 heteroatoms. The molecule has 0 bridgehead atoms. The molecule has 3 N–H and O–H groups in total. The highest BCUT2D eigenvalue weighted by molar-refractivity contribution is 7.80. The summed E-state index contributed by atoms with van der Waals surface area (Å²) >= 11 is 5.04. The van der Waals surface area contributed by atoms with Crippen molar-refractivity contribution in [1.82, 2.24) is 10.2 Å². The van der Waals surface area contributed by atoms with Crippen molar-refractivity contribution < 1.29 is 9.53 Å². The normalized spacial score (nSPS) is 12.0. The van der Waals surface area contributed by atoms with Crippen LogP contribution < -0.4 is 15.8 Å². The van der Waals surface area contributed by atoms with Gasteiger partial charge >= 0.3 is 0 Å². The molecule has 0 saturated carbocycles. The number of nitrogens with one attached hydrogen (secondary N) is 1. The molecule has 1 atom stereocenters. The van der Waals surface area contributed by atoms with E-state index in [-0.39, 0.29) is 11.8 Å². The zero-order valence-corrected chi connectivity index (χ0v) is 13.8. The van der Waals surface area contributed by atoms with E-state index >= 15 is 0 Å². The maximum Gasteiger partial charge on any atom is 0.223 e. The minimum absolute atomic E-state index is 0.0420. The van der Waals surface area contributed by atoms with Crippen molar-refractivity contribution in [1.29, 1.82) is 0 Å². The van der Waals surface area contributed by atoms with E-state index in [9.17, 15) is 4.79 Å². The number of methoxy groups -OCH3 is 1. The Labute approximate surface area is 131 Å². The third-order valence-corrected chi connectivity index (χ3v) is 3.48. The number of rotatable bonds is 7. The SMILES string of the molecule is CNC(=O)C(C)CN(C)Cc1ccc(OC)c(C(N)=S)c1. The molecule has 0 radical (unpaired) electrons. The lowest BCUT2D eigenvalue weighted by molar-refractivity contribution is -0.124. The van der Waals surface area contributed by atoms with Crippen LogP contribution >= 0.6 is 12.2 Å². The highest BCUT2D eigenvalue weighted by atomic mass is 32.1. The lowest BCUT2D eigenvalue weighted by Crippen LogP contribution is -2.34. The molecular formula is C15H23N3O2S. The number of benzene rings is 1. The predicted octanol–water partition coefficient (Wildman–Crippen LogP) is 1.14. The topological polar surface area (TPSA) is 67.6 Å². The zero-order valence-electron chi connectivity index (χ0n) is 13.0. The number of carbonyl (C=O) groups excluding carboxylic acids is 1. The molecule has 1 amide bonds. The summed E-state index contributed by atoms with van der Waals surface area (Å²) in [6.07, 6.45) is 0. The number of nitrogens with zero attached hydrogens (tertiary/aromatic N) is 1. The second kappa shape index (κ2) is 7.95. The minimum Gasteiger partial charge on any atom is -0.496 e. The van der Waals surface area contributed by atoms with Gasteiger partial charge in [0.1, 0.15) is 10.7 Å². The van der Waals surface area contributed by atoms with Gasteiger partial charge in [0.15, 0.2) is 0 Å². The fourth-order valence-corrected chi connectivity index (χ4v) is 2.38. The van der Waals surface area contributed by atoms with Gasteiger partial charge in [-0.3, -0.25) is 4.79 Å². The molecule has 0 aliphatic carbocycles. The molecule has 1 aromatic rings. The summed E-state index contributed by atoms with van der Waals surface area (Å²) in [5.41, 5.74) is 7.52. The van der Waals surface area contributed by atoms with Gasteiger partial charge in [-0.05, 0) is 24.7 Å². The summed E-state index contributed by atoms with van der Waals surface area (Å²) in [6.45, 7) is 3.29. The Morgan fingerprint density at radius 1 is 1.52 bits per heavy atom. The van der Waals surface area contributed by atoms with E-state index < -0.39 is 0 Å². The molecule has 0 aliphatic heterocycles. The summed E-state index contributed by atoms with van der Waals surface area (Å²) in [7, 11) is 5.22. The number of hydrogen-bond acceptors (Lipinski definition) is 4. The second-order valence-corrected chi connectivity index (χ2v) is 5.55. The van der Waals surface area contributed by atoms with Gasteiger partial charge in [-0.25, -0.2) is 0 Å². The molecule has 5 nitrogen and oxygen atoms in total. The van der Waals surface area contributed by atoms with Crippen molar-refractivity contribution in [3.63, 3.8) is 0 Å². The molecule has 0 aromatic heterocycles. The van der Waals surface area contributed by atoms with E-state index in [4.69, 9.17) is 22.7 Å². The quantitative estimate of drug-likeness (QED) is 0.740. The van der Waals surface area contributed by atoms with Crippen LogP contribution in [0.5, 0.6) is 5.75 Å². The highest BCUT2D eigenvalue weighted by Gasteiger charge is 2.14. The molecule has 1 rings (SSSR count). The van der Waals surface area contributed by atoms with Gasteiger partial charge in [-0.15, -0.1) is 0 Å². The van der Waals surface area contributed by atoms with Gasteiger partial charge in [0.05, 0.1) is 12.7 Å². The van der Waals surface area contributed by atoms with E-state index in [1.54, 1.807) is 14.2 Å². The van der Waals surface area contributed by atoms with Crippen LogP contribution in [0.1, 0.15) is 18.1 Å². The van der Waals surface area contributed by atoms with E-state index in [0.29, 0.717) is 23.8 Å².